The van der Waals surface area contributed by atoms with Gasteiger partial charge in [0.2, 0.25) is 0 Å². The van der Waals surface area contributed by atoms with Crippen LogP contribution in [0.3, 0.4) is 0 Å². The summed E-state index contributed by atoms with van der Waals surface area (Å²) in [4.78, 5) is 12.9. The molecule has 28 heavy (non-hydrogen) atoms. The van der Waals surface area contributed by atoms with Crippen LogP contribution in [0.4, 0.5) is 0 Å². The molecule has 0 aliphatic heterocycles. The van der Waals surface area contributed by atoms with Crippen LogP contribution in [0, 0.1) is 25.7 Å². The van der Waals surface area contributed by atoms with E-state index in [0.717, 1.165) is 46.7 Å². The second-order valence-corrected chi connectivity index (χ2v) is 8.38. The van der Waals surface area contributed by atoms with Gasteiger partial charge in [0.15, 0.2) is 5.78 Å². The molecule has 1 aromatic carbocycles. The molecule has 0 N–H and O–H groups in total. The highest BCUT2D eigenvalue weighted by Crippen LogP contribution is 2.41. The Hall–Kier alpha value is -2.36. The fourth-order valence-electron chi connectivity index (χ4n) is 4.97. The van der Waals surface area contributed by atoms with Gasteiger partial charge in [0.1, 0.15) is 5.75 Å². The maximum absolute atomic E-state index is 12.9. The highest BCUT2D eigenvalue weighted by atomic mass is 16.5. The monoisotopic (exact) mass is 378 g/mol. The molecule has 0 bridgehead atoms. The van der Waals surface area contributed by atoms with E-state index < -0.39 is 0 Å². The number of hydrogen-bond acceptors (Lipinski definition) is 3. The van der Waals surface area contributed by atoms with Crippen LogP contribution in [0.15, 0.2) is 29.8 Å². The second-order valence-electron chi connectivity index (χ2n) is 8.38. The van der Waals surface area contributed by atoms with Gasteiger partial charge in [-0.1, -0.05) is 18.9 Å². The number of hydrogen-bond donors (Lipinski definition) is 0. The molecule has 148 valence electrons. The molecule has 4 heteroatoms. The van der Waals surface area contributed by atoms with Crippen molar-refractivity contribution in [3.8, 4) is 5.75 Å². The number of Topliss-reactive ketones (excluding diaryl/α,β-unsaturated/α-hetero) is 1. The van der Waals surface area contributed by atoms with E-state index in [0.29, 0.717) is 18.2 Å². The molecule has 2 fully saturated rings. The van der Waals surface area contributed by atoms with E-state index in [9.17, 15) is 4.79 Å². The van der Waals surface area contributed by atoms with E-state index in [1.54, 1.807) is 7.11 Å². The summed E-state index contributed by atoms with van der Waals surface area (Å²) in [5.41, 5.74) is 5.31. The summed E-state index contributed by atoms with van der Waals surface area (Å²) < 4.78 is 7.57. The third-order valence-electron chi connectivity index (χ3n) is 6.42. The van der Waals surface area contributed by atoms with E-state index in [2.05, 4.69) is 30.2 Å². The van der Waals surface area contributed by atoms with Gasteiger partial charge in [-0.3, -0.25) is 9.48 Å². The number of carbonyl (C=O) groups excluding carboxylic acids is 1. The number of aryl methyl sites for hydroxylation is 2. The number of ether oxygens (including phenoxy) is 1. The lowest BCUT2D eigenvalue weighted by Gasteiger charge is -2.15. The molecule has 2 aromatic rings. The van der Waals surface area contributed by atoms with Gasteiger partial charge in [0, 0.05) is 17.2 Å². The van der Waals surface area contributed by atoms with Crippen molar-refractivity contribution < 1.29 is 9.53 Å². The van der Waals surface area contributed by atoms with Crippen LogP contribution in [-0.2, 0) is 11.3 Å². The average molecular weight is 379 g/mol. The van der Waals surface area contributed by atoms with E-state index in [-0.39, 0.29) is 5.92 Å². The predicted molar refractivity (Wildman–Crippen MR) is 111 cm³/mol. The maximum atomic E-state index is 12.9. The number of carbonyl (C=O) groups is 1. The molecule has 4 nitrogen and oxygen atoms in total. The van der Waals surface area contributed by atoms with Gasteiger partial charge in [-0.05, 0) is 80.9 Å². The number of allylic oxidation sites excluding steroid dienone is 1. The molecule has 0 spiro atoms. The van der Waals surface area contributed by atoms with Crippen LogP contribution < -0.4 is 4.74 Å². The Labute approximate surface area is 167 Å². The zero-order valence-electron chi connectivity index (χ0n) is 17.2. The van der Waals surface area contributed by atoms with Gasteiger partial charge in [0.25, 0.3) is 0 Å². The Morgan fingerprint density at radius 3 is 2.64 bits per heavy atom. The van der Waals surface area contributed by atoms with Crippen LogP contribution >= 0.6 is 0 Å². The summed E-state index contributed by atoms with van der Waals surface area (Å²) in [6.45, 7) is 4.74. The molecule has 1 atom stereocenters. The summed E-state index contributed by atoms with van der Waals surface area (Å²) in [6, 6.07) is 8.27. The predicted octanol–water partition coefficient (Wildman–Crippen LogP) is 5.11. The van der Waals surface area contributed by atoms with Gasteiger partial charge < -0.3 is 4.74 Å². The molecule has 1 heterocycles. The Bertz CT molecular complexity index is 903. The van der Waals surface area contributed by atoms with Gasteiger partial charge in [-0.15, -0.1) is 0 Å². The van der Waals surface area contributed by atoms with Crippen molar-refractivity contribution in [2.24, 2.45) is 11.8 Å². The molecule has 2 aliphatic carbocycles. The average Bonchev–Trinajstić information content (AvgIpc) is 3.38. The first-order valence-corrected chi connectivity index (χ1v) is 10.5. The van der Waals surface area contributed by atoms with Crippen molar-refractivity contribution in [2.75, 3.05) is 7.11 Å². The number of rotatable bonds is 5. The van der Waals surface area contributed by atoms with Crippen molar-refractivity contribution >= 4 is 11.9 Å². The number of benzene rings is 1. The lowest BCUT2D eigenvalue weighted by Crippen LogP contribution is -2.16. The van der Waals surface area contributed by atoms with Gasteiger partial charge in [-0.25, -0.2) is 0 Å². The molecule has 1 unspecified atom stereocenters. The minimum absolute atomic E-state index is 0.265. The Morgan fingerprint density at radius 2 is 1.96 bits per heavy atom. The highest BCUT2D eigenvalue weighted by molar-refractivity contribution is 6.03. The molecule has 0 amide bonds. The quantitative estimate of drug-likeness (QED) is 0.679. The van der Waals surface area contributed by atoms with Crippen molar-refractivity contribution in [3.63, 3.8) is 0 Å². The van der Waals surface area contributed by atoms with Crippen LogP contribution in [0.1, 0.15) is 61.0 Å². The highest BCUT2D eigenvalue weighted by Gasteiger charge is 2.36. The fraction of sp³-hybridized carbons (Fsp3) is 0.500. The summed E-state index contributed by atoms with van der Waals surface area (Å²) in [7, 11) is 1.70. The lowest BCUT2D eigenvalue weighted by molar-refractivity contribution is -0.119. The minimum Gasteiger partial charge on any atom is -0.496 e. The SMILES string of the molecule is COc1ccc(/C=C2\CCC(C3CCCC3)C2=O)cc1Cn1nc(C)cc1C. The number of methoxy groups -OCH3 is 1. The molecule has 0 saturated heterocycles. The number of aromatic nitrogens is 2. The molecule has 2 aliphatic rings. The Balaban J connectivity index is 1.57. The number of nitrogens with zero attached hydrogens (tertiary/aromatic N) is 2. The van der Waals surface area contributed by atoms with Crippen molar-refractivity contribution in [3.05, 3.63) is 52.4 Å². The van der Waals surface area contributed by atoms with Gasteiger partial charge in [0.05, 0.1) is 19.3 Å². The maximum Gasteiger partial charge on any atom is 0.162 e. The third kappa shape index (κ3) is 3.78. The molecular formula is C24H30N2O2. The first-order valence-electron chi connectivity index (χ1n) is 10.5. The standard InChI is InChI=1S/C24H30N2O2/c1-16-12-17(2)26(25-16)15-21-14-18(8-11-23(21)28-3)13-20-9-10-22(24(20)27)19-6-4-5-7-19/h8,11-14,19,22H,4-7,9-10,15H2,1-3H3/b20-13+. The molecular weight excluding hydrogens is 348 g/mol. The summed E-state index contributed by atoms with van der Waals surface area (Å²) in [5.74, 6) is 2.14. The summed E-state index contributed by atoms with van der Waals surface area (Å²) in [6.07, 6.45) is 9.10. The van der Waals surface area contributed by atoms with E-state index in [1.807, 2.05) is 23.7 Å². The first kappa shape index (κ1) is 19.0. The third-order valence-corrected chi connectivity index (χ3v) is 6.42. The lowest BCUT2D eigenvalue weighted by atomic mass is 9.88. The van der Waals surface area contributed by atoms with Crippen LogP contribution in [0.2, 0.25) is 0 Å². The Kier molecular flexibility index (Phi) is 5.38. The largest absolute Gasteiger partial charge is 0.496 e. The topological polar surface area (TPSA) is 44.1 Å². The summed E-state index contributed by atoms with van der Waals surface area (Å²) in [5, 5.41) is 4.57. The zero-order valence-corrected chi connectivity index (χ0v) is 17.2. The van der Waals surface area contributed by atoms with E-state index in [1.165, 1.54) is 25.7 Å². The van der Waals surface area contributed by atoms with Crippen molar-refractivity contribution in [1.29, 1.82) is 0 Å². The van der Waals surface area contributed by atoms with Crippen molar-refractivity contribution in [1.82, 2.24) is 9.78 Å². The zero-order chi connectivity index (χ0) is 19.7. The van der Waals surface area contributed by atoms with Gasteiger partial charge >= 0.3 is 0 Å². The molecule has 4 rings (SSSR count). The smallest absolute Gasteiger partial charge is 0.162 e. The normalized spacial score (nSPS) is 21.8. The van der Waals surface area contributed by atoms with E-state index in [4.69, 9.17) is 4.74 Å². The molecule has 2 saturated carbocycles. The first-order chi connectivity index (χ1) is 13.5. The van der Waals surface area contributed by atoms with Crippen LogP contribution in [-0.4, -0.2) is 22.7 Å². The van der Waals surface area contributed by atoms with Gasteiger partial charge in [-0.2, -0.15) is 5.10 Å². The number of ketones is 1. The van der Waals surface area contributed by atoms with Crippen LogP contribution in [0.25, 0.3) is 6.08 Å². The second kappa shape index (κ2) is 7.94. The van der Waals surface area contributed by atoms with E-state index >= 15 is 0 Å². The minimum atomic E-state index is 0.265. The fourth-order valence-corrected chi connectivity index (χ4v) is 4.97. The van der Waals surface area contributed by atoms with Crippen molar-refractivity contribution in [2.45, 2.75) is 58.9 Å². The summed E-state index contributed by atoms with van der Waals surface area (Å²) >= 11 is 0. The molecule has 1 aromatic heterocycles. The van der Waals surface area contributed by atoms with Crippen LogP contribution in [0.5, 0.6) is 5.75 Å². The molecule has 0 radical (unpaired) electrons. The Morgan fingerprint density at radius 1 is 1.18 bits per heavy atom.